The number of fused-ring (bicyclic) bond motifs is 1. The summed E-state index contributed by atoms with van der Waals surface area (Å²) in [7, 11) is -2.08. The zero-order valence-electron chi connectivity index (χ0n) is 25.1. The van der Waals surface area contributed by atoms with E-state index in [1.165, 1.54) is 0 Å². The highest BCUT2D eigenvalue weighted by Gasteiger charge is 2.70. The second kappa shape index (κ2) is 8.88. The number of ether oxygens (including phenoxy) is 2. The molecule has 9 heteroatoms. The summed E-state index contributed by atoms with van der Waals surface area (Å²) in [6.45, 7) is 18.8. The Kier molecular flexibility index (Phi) is 6.67. The third kappa shape index (κ3) is 4.38. The van der Waals surface area contributed by atoms with Gasteiger partial charge in [0.1, 0.15) is 17.8 Å². The summed E-state index contributed by atoms with van der Waals surface area (Å²) in [6, 6.07) is -0.716. The van der Waals surface area contributed by atoms with Gasteiger partial charge in [0, 0.05) is 17.8 Å². The largest absolute Gasteiger partial charge is 0.444 e. The summed E-state index contributed by atoms with van der Waals surface area (Å²) in [6.07, 6.45) is 3.61. The summed E-state index contributed by atoms with van der Waals surface area (Å²) in [4.78, 5) is 12.6. The summed E-state index contributed by atoms with van der Waals surface area (Å²) in [5.74, 6) is 0.0493. The van der Waals surface area contributed by atoms with Gasteiger partial charge in [-0.05, 0) is 81.8 Å². The predicted octanol–water partition coefficient (Wildman–Crippen LogP) is 4.34. The van der Waals surface area contributed by atoms with E-state index in [4.69, 9.17) is 13.9 Å². The van der Waals surface area contributed by atoms with E-state index in [0.717, 1.165) is 24.8 Å². The van der Waals surface area contributed by atoms with Crippen LogP contribution in [0, 0.1) is 11.3 Å². The van der Waals surface area contributed by atoms with Crippen LogP contribution < -0.4 is 5.32 Å². The van der Waals surface area contributed by atoms with Gasteiger partial charge in [-0.2, -0.15) is 0 Å². The fourth-order valence-electron chi connectivity index (χ4n) is 7.76. The first kappa shape index (κ1) is 29.3. The van der Waals surface area contributed by atoms with Crippen LogP contribution in [0.15, 0.2) is 23.3 Å². The molecule has 0 unspecified atom stereocenters. The van der Waals surface area contributed by atoms with E-state index < -0.39 is 61.0 Å². The van der Waals surface area contributed by atoms with Crippen LogP contribution >= 0.6 is 0 Å². The molecule has 1 saturated heterocycles. The molecule has 0 aromatic heterocycles. The first-order chi connectivity index (χ1) is 17.8. The van der Waals surface area contributed by atoms with Crippen molar-refractivity contribution in [3.8, 4) is 0 Å². The standard InChI is InChI=1S/C30H49NO7Si/c1-26(2,3)36-25(35)31-19-16-29-12-13-30(38-29)17(14-18(29)23(33)24(19)34)15-21(32)28(7)20(30)10-11-22(28)37-39(8,9)27(4,5)6/h14-15,19-24,32-34H,10-13,16H2,1-9H3,(H,31,35)/t19-,20+,21-,22-,23+,24+,28+,29+,30+/m0/s1. The SMILES string of the molecule is CC(C)(C)OC(=O)N[C@H]1C[C@@]23CC[C@@]4(O2)C(=C[C@H](O)[C@]2(C)[C@@H](O[Si](C)(C)C(C)(C)C)CC[C@H]24)C=C3[C@@H](O)[C@@H]1O. The van der Waals surface area contributed by atoms with E-state index >= 15 is 0 Å². The van der Waals surface area contributed by atoms with Gasteiger partial charge in [0.15, 0.2) is 8.32 Å². The van der Waals surface area contributed by atoms with Crippen molar-refractivity contribution in [1.82, 2.24) is 5.32 Å². The molecule has 1 amide bonds. The lowest BCUT2D eigenvalue weighted by Crippen LogP contribution is -2.64. The fraction of sp³-hybridized carbons (Fsp3) is 0.833. The van der Waals surface area contributed by atoms with Crippen molar-refractivity contribution in [3.05, 3.63) is 23.3 Å². The van der Waals surface area contributed by atoms with Crippen LogP contribution in [-0.2, 0) is 13.9 Å². The monoisotopic (exact) mass is 563 g/mol. The highest BCUT2D eigenvalue weighted by Crippen LogP contribution is 2.67. The Labute approximate surface area is 234 Å². The van der Waals surface area contributed by atoms with Crippen LogP contribution in [0.5, 0.6) is 0 Å². The van der Waals surface area contributed by atoms with Gasteiger partial charge in [-0.25, -0.2) is 4.79 Å². The minimum Gasteiger partial charge on any atom is -0.444 e. The van der Waals surface area contributed by atoms with Crippen LogP contribution in [-0.4, -0.2) is 77.0 Å². The molecular formula is C30H49NO7Si. The number of carbonyl (C=O) groups is 1. The molecule has 2 bridgehead atoms. The maximum absolute atomic E-state index is 12.6. The number of rotatable bonds is 3. The number of carbonyl (C=O) groups excluding carboxylic acids is 1. The molecule has 2 heterocycles. The van der Waals surface area contributed by atoms with E-state index in [9.17, 15) is 20.1 Å². The number of aliphatic hydroxyl groups is 3. The number of aliphatic hydroxyl groups excluding tert-OH is 3. The Balaban J connectivity index is 1.47. The van der Waals surface area contributed by atoms with Crippen molar-refractivity contribution in [3.63, 3.8) is 0 Å². The Morgan fingerprint density at radius 3 is 2.38 bits per heavy atom. The highest BCUT2D eigenvalue weighted by atomic mass is 28.4. The summed E-state index contributed by atoms with van der Waals surface area (Å²) < 4.78 is 19.5. The van der Waals surface area contributed by atoms with Gasteiger partial charge >= 0.3 is 6.09 Å². The predicted molar refractivity (Wildman–Crippen MR) is 151 cm³/mol. The smallest absolute Gasteiger partial charge is 0.407 e. The topological polar surface area (TPSA) is 117 Å². The lowest BCUT2D eigenvalue weighted by molar-refractivity contribution is -0.176. The van der Waals surface area contributed by atoms with E-state index in [0.29, 0.717) is 18.4 Å². The quantitative estimate of drug-likeness (QED) is 0.377. The molecule has 5 aliphatic rings. The lowest BCUT2D eigenvalue weighted by Gasteiger charge is -2.57. The molecule has 0 aromatic rings. The maximum atomic E-state index is 12.6. The second-order valence-corrected chi connectivity index (χ2v) is 20.2. The molecule has 8 nitrogen and oxygen atoms in total. The van der Waals surface area contributed by atoms with E-state index in [2.05, 4.69) is 46.1 Å². The molecule has 3 aliphatic carbocycles. The van der Waals surface area contributed by atoms with Crippen LogP contribution in [0.4, 0.5) is 4.79 Å². The van der Waals surface area contributed by atoms with Crippen molar-refractivity contribution in [2.24, 2.45) is 11.3 Å². The van der Waals surface area contributed by atoms with Gasteiger partial charge < -0.3 is 34.5 Å². The molecule has 2 spiro atoms. The van der Waals surface area contributed by atoms with Gasteiger partial charge in [-0.1, -0.05) is 33.8 Å². The van der Waals surface area contributed by atoms with Gasteiger partial charge in [0.2, 0.25) is 0 Å². The molecule has 4 N–H and O–H groups in total. The molecule has 2 saturated carbocycles. The van der Waals surface area contributed by atoms with Gasteiger partial charge in [-0.15, -0.1) is 0 Å². The number of hydrogen-bond donors (Lipinski definition) is 4. The van der Waals surface area contributed by atoms with Crippen LogP contribution in [0.25, 0.3) is 0 Å². The minimum absolute atomic E-state index is 0.0493. The normalized spacial score (nSPS) is 43.6. The molecule has 3 fully saturated rings. The number of nitrogens with one attached hydrogen (secondary N) is 1. The molecule has 0 radical (unpaired) electrons. The van der Waals surface area contributed by atoms with Crippen LogP contribution in [0.1, 0.15) is 80.6 Å². The number of alkyl carbamates (subject to hydrolysis) is 1. The minimum atomic E-state index is -2.08. The first-order valence-electron chi connectivity index (χ1n) is 14.6. The van der Waals surface area contributed by atoms with Gasteiger partial charge in [0.25, 0.3) is 0 Å². The number of amides is 1. The van der Waals surface area contributed by atoms with Crippen molar-refractivity contribution >= 4 is 14.4 Å². The van der Waals surface area contributed by atoms with Crippen molar-refractivity contribution in [1.29, 1.82) is 0 Å². The van der Waals surface area contributed by atoms with Crippen molar-refractivity contribution in [2.75, 3.05) is 0 Å². The Morgan fingerprint density at radius 1 is 1.10 bits per heavy atom. The summed E-state index contributed by atoms with van der Waals surface area (Å²) in [5.41, 5.74) is -1.03. The molecule has 0 aromatic carbocycles. The third-order valence-electron chi connectivity index (χ3n) is 10.9. The van der Waals surface area contributed by atoms with Gasteiger partial charge in [0.05, 0.1) is 29.5 Å². The molecule has 39 heavy (non-hydrogen) atoms. The maximum Gasteiger partial charge on any atom is 0.407 e. The fourth-order valence-corrected chi connectivity index (χ4v) is 9.19. The first-order valence-corrected chi connectivity index (χ1v) is 17.5. The molecule has 220 valence electrons. The zero-order chi connectivity index (χ0) is 29.0. The van der Waals surface area contributed by atoms with E-state index in [1.807, 2.05) is 12.2 Å². The average Bonchev–Trinajstić information content (AvgIpc) is 3.28. The van der Waals surface area contributed by atoms with Gasteiger partial charge in [-0.3, -0.25) is 0 Å². The summed E-state index contributed by atoms with van der Waals surface area (Å²) >= 11 is 0. The molecule has 9 atom stereocenters. The zero-order valence-corrected chi connectivity index (χ0v) is 26.1. The molecular weight excluding hydrogens is 514 g/mol. The van der Waals surface area contributed by atoms with E-state index in [-0.39, 0.29) is 17.1 Å². The second-order valence-electron chi connectivity index (χ2n) is 15.4. The Hall–Kier alpha value is -1.23. The summed E-state index contributed by atoms with van der Waals surface area (Å²) in [5, 5.41) is 36.7. The molecule has 5 rings (SSSR count). The number of hydrogen-bond acceptors (Lipinski definition) is 7. The van der Waals surface area contributed by atoms with Crippen LogP contribution in [0.2, 0.25) is 18.1 Å². The lowest BCUT2D eigenvalue weighted by atomic mass is 9.59. The van der Waals surface area contributed by atoms with Crippen molar-refractivity contribution < 1.29 is 34.0 Å². The van der Waals surface area contributed by atoms with Crippen molar-refractivity contribution in [2.45, 2.75) is 146 Å². The Bertz CT molecular complexity index is 1090. The van der Waals surface area contributed by atoms with E-state index in [1.54, 1.807) is 20.8 Å². The third-order valence-corrected chi connectivity index (χ3v) is 15.3. The molecule has 2 aliphatic heterocycles. The van der Waals surface area contributed by atoms with Crippen LogP contribution in [0.3, 0.4) is 0 Å². The highest BCUT2D eigenvalue weighted by molar-refractivity contribution is 6.74. The average molecular weight is 564 g/mol. The Morgan fingerprint density at radius 2 is 1.77 bits per heavy atom.